The van der Waals surface area contributed by atoms with E-state index in [4.69, 9.17) is 0 Å². The second kappa shape index (κ2) is 6.53. The Labute approximate surface area is 127 Å². The molecule has 1 amide bonds. The van der Waals surface area contributed by atoms with Gasteiger partial charge < -0.3 is 10.6 Å². The third-order valence-electron chi connectivity index (χ3n) is 3.13. The van der Waals surface area contributed by atoms with Crippen molar-refractivity contribution < 1.29 is 4.79 Å². The van der Waals surface area contributed by atoms with E-state index in [1.807, 2.05) is 42.5 Å². The van der Waals surface area contributed by atoms with Crippen molar-refractivity contribution in [2.75, 3.05) is 10.6 Å². The van der Waals surface area contributed by atoms with Crippen LogP contribution in [0.1, 0.15) is 15.9 Å². The zero-order chi connectivity index (χ0) is 15.2. The molecule has 2 aromatic heterocycles. The van der Waals surface area contributed by atoms with Crippen molar-refractivity contribution in [3.05, 3.63) is 72.2 Å². The summed E-state index contributed by atoms with van der Waals surface area (Å²) in [7, 11) is 0. The van der Waals surface area contributed by atoms with Crippen molar-refractivity contribution in [2.24, 2.45) is 0 Å². The standard InChI is InChI=1S/C16H15N5O/c22-16(20-13-4-2-1-3-5-13)14-11-19-21-15(14)18-10-12-6-8-17-9-7-12/h1-9,11H,10H2,(H,20,22)(H2,18,19,21). The molecule has 0 radical (unpaired) electrons. The van der Waals surface area contributed by atoms with Crippen LogP contribution in [0.15, 0.2) is 61.1 Å². The zero-order valence-corrected chi connectivity index (χ0v) is 11.8. The highest BCUT2D eigenvalue weighted by Crippen LogP contribution is 2.15. The number of para-hydroxylation sites is 1. The Morgan fingerprint density at radius 3 is 2.64 bits per heavy atom. The van der Waals surface area contributed by atoms with Crippen LogP contribution in [0.2, 0.25) is 0 Å². The number of benzene rings is 1. The van der Waals surface area contributed by atoms with E-state index in [9.17, 15) is 4.79 Å². The first-order valence-electron chi connectivity index (χ1n) is 6.85. The molecule has 3 aromatic rings. The summed E-state index contributed by atoms with van der Waals surface area (Å²) in [5.74, 6) is 0.377. The van der Waals surface area contributed by atoms with Gasteiger partial charge in [-0.2, -0.15) is 5.10 Å². The highest BCUT2D eigenvalue weighted by molar-refractivity contribution is 6.07. The fourth-order valence-electron chi connectivity index (χ4n) is 2.00. The molecule has 0 saturated carbocycles. The number of carbonyl (C=O) groups excluding carboxylic acids is 1. The maximum absolute atomic E-state index is 12.3. The molecule has 0 bridgehead atoms. The summed E-state index contributed by atoms with van der Waals surface area (Å²) >= 11 is 0. The van der Waals surface area contributed by atoms with Crippen LogP contribution >= 0.6 is 0 Å². The van der Waals surface area contributed by atoms with Gasteiger partial charge in [-0.25, -0.2) is 0 Å². The van der Waals surface area contributed by atoms with Crippen molar-refractivity contribution in [1.82, 2.24) is 15.2 Å². The number of anilines is 2. The van der Waals surface area contributed by atoms with Gasteiger partial charge >= 0.3 is 0 Å². The van der Waals surface area contributed by atoms with E-state index in [-0.39, 0.29) is 5.91 Å². The maximum atomic E-state index is 12.3. The Kier molecular flexibility index (Phi) is 4.10. The molecular formula is C16H15N5O. The molecule has 0 saturated heterocycles. The summed E-state index contributed by atoms with van der Waals surface area (Å²) in [6.45, 7) is 0.580. The third-order valence-corrected chi connectivity index (χ3v) is 3.13. The molecule has 6 heteroatoms. The number of aromatic nitrogens is 3. The molecule has 2 heterocycles. The van der Waals surface area contributed by atoms with Crippen molar-refractivity contribution in [2.45, 2.75) is 6.54 Å². The van der Waals surface area contributed by atoms with Gasteiger partial charge in [0.2, 0.25) is 0 Å². The van der Waals surface area contributed by atoms with E-state index in [0.29, 0.717) is 17.9 Å². The average Bonchev–Trinajstić information content (AvgIpc) is 3.03. The Morgan fingerprint density at radius 1 is 1.09 bits per heavy atom. The van der Waals surface area contributed by atoms with E-state index >= 15 is 0 Å². The number of aromatic amines is 1. The predicted octanol–water partition coefficient (Wildman–Crippen LogP) is 2.67. The number of amides is 1. The van der Waals surface area contributed by atoms with Crippen LogP contribution in [0.25, 0.3) is 0 Å². The number of H-pyrrole nitrogens is 1. The molecule has 0 unspecified atom stereocenters. The number of carbonyl (C=O) groups is 1. The number of rotatable bonds is 5. The van der Waals surface area contributed by atoms with E-state index in [1.165, 1.54) is 6.20 Å². The molecular weight excluding hydrogens is 278 g/mol. The SMILES string of the molecule is O=C(Nc1ccccc1)c1cn[nH]c1NCc1ccncc1. The third kappa shape index (κ3) is 3.29. The molecule has 0 aliphatic heterocycles. The Hall–Kier alpha value is -3.15. The van der Waals surface area contributed by atoms with E-state index in [1.54, 1.807) is 12.4 Å². The second-order valence-electron chi connectivity index (χ2n) is 4.69. The summed E-state index contributed by atoms with van der Waals surface area (Å²) < 4.78 is 0. The van der Waals surface area contributed by atoms with E-state index in [0.717, 1.165) is 11.3 Å². The summed E-state index contributed by atoms with van der Waals surface area (Å²) in [5, 5.41) is 12.7. The molecule has 6 nitrogen and oxygen atoms in total. The summed E-state index contributed by atoms with van der Waals surface area (Å²) in [5.41, 5.74) is 2.28. The zero-order valence-electron chi connectivity index (χ0n) is 11.8. The van der Waals surface area contributed by atoms with Crippen LogP contribution in [0.3, 0.4) is 0 Å². The molecule has 22 heavy (non-hydrogen) atoms. The molecule has 0 fully saturated rings. The average molecular weight is 293 g/mol. The number of nitrogens with zero attached hydrogens (tertiary/aromatic N) is 2. The van der Waals surface area contributed by atoms with Crippen molar-refractivity contribution >= 4 is 17.4 Å². The minimum Gasteiger partial charge on any atom is -0.366 e. The van der Waals surface area contributed by atoms with Crippen LogP contribution < -0.4 is 10.6 Å². The van der Waals surface area contributed by atoms with Crippen LogP contribution in [0, 0.1) is 0 Å². The molecule has 0 aliphatic carbocycles. The smallest absolute Gasteiger partial charge is 0.261 e. The molecule has 3 N–H and O–H groups in total. The fraction of sp³-hybridized carbons (Fsp3) is 0.0625. The number of nitrogens with one attached hydrogen (secondary N) is 3. The van der Waals surface area contributed by atoms with Crippen molar-refractivity contribution in [3.8, 4) is 0 Å². The molecule has 0 atom stereocenters. The van der Waals surface area contributed by atoms with Gasteiger partial charge in [-0.05, 0) is 29.8 Å². The number of hydrogen-bond acceptors (Lipinski definition) is 4. The maximum Gasteiger partial charge on any atom is 0.261 e. The van der Waals surface area contributed by atoms with Crippen molar-refractivity contribution in [1.29, 1.82) is 0 Å². The van der Waals surface area contributed by atoms with Crippen molar-refractivity contribution in [3.63, 3.8) is 0 Å². The molecule has 1 aromatic carbocycles. The van der Waals surface area contributed by atoms with Gasteiger partial charge in [0.25, 0.3) is 5.91 Å². The van der Waals surface area contributed by atoms with Crippen LogP contribution in [-0.2, 0) is 6.54 Å². The number of pyridine rings is 1. The quantitative estimate of drug-likeness (QED) is 0.675. The first kappa shape index (κ1) is 13.8. The van der Waals surface area contributed by atoms with E-state index in [2.05, 4.69) is 25.8 Å². The Morgan fingerprint density at radius 2 is 1.86 bits per heavy atom. The minimum absolute atomic E-state index is 0.211. The fourth-order valence-corrected chi connectivity index (χ4v) is 2.00. The molecule has 0 aliphatic rings. The van der Waals surface area contributed by atoms with Gasteiger partial charge in [-0.3, -0.25) is 14.9 Å². The van der Waals surface area contributed by atoms with Gasteiger partial charge in [-0.1, -0.05) is 18.2 Å². The van der Waals surface area contributed by atoms with Crippen LogP contribution in [-0.4, -0.2) is 21.1 Å². The van der Waals surface area contributed by atoms with Gasteiger partial charge in [0.15, 0.2) is 0 Å². The van der Waals surface area contributed by atoms with Crippen LogP contribution in [0.4, 0.5) is 11.5 Å². The Bertz CT molecular complexity index is 739. The Balaban J connectivity index is 1.68. The summed E-state index contributed by atoms with van der Waals surface area (Å²) in [6, 6.07) is 13.1. The largest absolute Gasteiger partial charge is 0.366 e. The van der Waals surface area contributed by atoms with Gasteiger partial charge in [0, 0.05) is 24.6 Å². The predicted molar refractivity (Wildman–Crippen MR) is 84.5 cm³/mol. The molecule has 3 rings (SSSR count). The molecule has 0 spiro atoms. The van der Waals surface area contributed by atoms with Gasteiger partial charge in [-0.15, -0.1) is 0 Å². The molecule has 110 valence electrons. The van der Waals surface area contributed by atoms with Gasteiger partial charge in [0.1, 0.15) is 11.4 Å². The van der Waals surface area contributed by atoms with Crippen LogP contribution in [0.5, 0.6) is 0 Å². The topological polar surface area (TPSA) is 82.7 Å². The summed E-state index contributed by atoms with van der Waals surface area (Å²) in [6.07, 6.45) is 4.97. The van der Waals surface area contributed by atoms with E-state index < -0.39 is 0 Å². The number of hydrogen-bond donors (Lipinski definition) is 3. The highest BCUT2D eigenvalue weighted by atomic mass is 16.1. The summed E-state index contributed by atoms with van der Waals surface area (Å²) in [4.78, 5) is 16.3. The van der Waals surface area contributed by atoms with Gasteiger partial charge in [0.05, 0.1) is 6.20 Å². The highest BCUT2D eigenvalue weighted by Gasteiger charge is 2.13. The lowest BCUT2D eigenvalue weighted by atomic mass is 10.2. The normalized spacial score (nSPS) is 10.2. The first-order chi connectivity index (χ1) is 10.8. The lowest BCUT2D eigenvalue weighted by molar-refractivity contribution is 0.102. The second-order valence-corrected chi connectivity index (χ2v) is 4.69. The lowest BCUT2D eigenvalue weighted by Crippen LogP contribution is -2.13. The lowest BCUT2D eigenvalue weighted by Gasteiger charge is -2.07. The minimum atomic E-state index is -0.211. The monoisotopic (exact) mass is 293 g/mol. The first-order valence-corrected chi connectivity index (χ1v) is 6.85.